The molecule has 2 rings (SSSR count). The lowest BCUT2D eigenvalue weighted by Crippen LogP contribution is -2.52. The van der Waals surface area contributed by atoms with Gasteiger partial charge in [-0.15, -0.1) is 11.3 Å². The predicted octanol–water partition coefficient (Wildman–Crippen LogP) is 1.52. The number of rotatable bonds is 5. The largest absolute Gasteiger partial charge is 0.339 e. The molecule has 19 heavy (non-hydrogen) atoms. The second-order valence-electron chi connectivity index (χ2n) is 5.08. The maximum Gasteiger partial charge on any atom is 0.239 e. The van der Waals surface area contributed by atoms with Crippen molar-refractivity contribution >= 4 is 17.2 Å². The fraction of sp³-hybridized carbons (Fsp3) is 0.643. The van der Waals surface area contributed by atoms with Crippen molar-refractivity contribution in [3.63, 3.8) is 0 Å². The number of piperazine rings is 1. The monoisotopic (exact) mass is 281 g/mol. The number of carbonyl (C=O) groups excluding carboxylic acids is 1. The summed E-state index contributed by atoms with van der Waals surface area (Å²) in [6.07, 6.45) is 1.75. The van der Waals surface area contributed by atoms with Crippen LogP contribution in [0.5, 0.6) is 0 Å². The van der Waals surface area contributed by atoms with Crippen LogP contribution in [-0.2, 0) is 11.3 Å². The number of amides is 1. The molecule has 1 aliphatic rings. The molecule has 4 nitrogen and oxygen atoms in total. The molecule has 1 amide bonds. The Kier molecular flexibility index (Phi) is 5.36. The van der Waals surface area contributed by atoms with E-state index >= 15 is 0 Å². The van der Waals surface area contributed by atoms with E-state index in [2.05, 4.69) is 29.3 Å². The molecule has 1 aromatic rings. The molecule has 0 saturated carbocycles. The number of hydrogen-bond acceptors (Lipinski definition) is 4. The molecular weight excluding hydrogens is 258 g/mol. The van der Waals surface area contributed by atoms with E-state index in [1.165, 1.54) is 4.88 Å². The lowest BCUT2D eigenvalue weighted by molar-refractivity contribution is -0.134. The lowest BCUT2D eigenvalue weighted by atomic mass is 10.1. The van der Waals surface area contributed by atoms with E-state index in [-0.39, 0.29) is 11.9 Å². The van der Waals surface area contributed by atoms with Gasteiger partial charge in [0.25, 0.3) is 0 Å². The third-order valence-corrected chi connectivity index (χ3v) is 4.42. The predicted molar refractivity (Wildman–Crippen MR) is 79.1 cm³/mol. The Labute approximate surface area is 119 Å². The lowest BCUT2D eigenvalue weighted by Gasteiger charge is -2.35. The van der Waals surface area contributed by atoms with Gasteiger partial charge < -0.3 is 10.6 Å². The molecule has 1 aliphatic heterocycles. The van der Waals surface area contributed by atoms with Gasteiger partial charge in [0, 0.05) is 37.6 Å². The minimum Gasteiger partial charge on any atom is -0.339 e. The van der Waals surface area contributed by atoms with Crippen LogP contribution in [0.25, 0.3) is 0 Å². The van der Waals surface area contributed by atoms with Gasteiger partial charge in [0.2, 0.25) is 5.91 Å². The Hall–Kier alpha value is -0.910. The van der Waals surface area contributed by atoms with Crippen molar-refractivity contribution in [3.05, 3.63) is 22.4 Å². The van der Waals surface area contributed by atoms with E-state index < -0.39 is 0 Å². The van der Waals surface area contributed by atoms with Crippen LogP contribution in [-0.4, -0.2) is 47.9 Å². The molecule has 0 radical (unpaired) electrons. The molecule has 1 atom stereocenters. The molecule has 0 spiro atoms. The van der Waals surface area contributed by atoms with Crippen LogP contribution < -0.4 is 5.73 Å². The molecule has 5 heteroatoms. The molecule has 106 valence electrons. The average molecular weight is 281 g/mol. The number of carbonyl (C=O) groups is 1. The van der Waals surface area contributed by atoms with Crippen molar-refractivity contribution in [3.8, 4) is 0 Å². The van der Waals surface area contributed by atoms with E-state index in [4.69, 9.17) is 5.73 Å². The van der Waals surface area contributed by atoms with Gasteiger partial charge in [0.05, 0.1) is 6.04 Å². The third-order valence-electron chi connectivity index (χ3n) is 3.56. The van der Waals surface area contributed by atoms with Gasteiger partial charge in [0.15, 0.2) is 0 Å². The number of thiophene rings is 1. The average Bonchev–Trinajstić information content (AvgIpc) is 2.92. The van der Waals surface area contributed by atoms with Gasteiger partial charge in [-0.25, -0.2) is 0 Å². The van der Waals surface area contributed by atoms with Gasteiger partial charge in [0.1, 0.15) is 0 Å². The summed E-state index contributed by atoms with van der Waals surface area (Å²) in [4.78, 5) is 17.8. The molecule has 0 aromatic carbocycles. The first-order chi connectivity index (χ1) is 9.20. The van der Waals surface area contributed by atoms with Crippen molar-refractivity contribution in [1.29, 1.82) is 0 Å². The van der Waals surface area contributed by atoms with Gasteiger partial charge in [-0.1, -0.05) is 19.4 Å². The van der Waals surface area contributed by atoms with Crippen LogP contribution in [0.4, 0.5) is 0 Å². The molecule has 1 saturated heterocycles. The number of nitrogens with zero attached hydrogens (tertiary/aromatic N) is 2. The summed E-state index contributed by atoms with van der Waals surface area (Å²) in [5.41, 5.74) is 5.90. The summed E-state index contributed by atoms with van der Waals surface area (Å²) in [6, 6.07) is 3.94. The Morgan fingerprint density at radius 2 is 2.16 bits per heavy atom. The summed E-state index contributed by atoms with van der Waals surface area (Å²) in [5, 5.41) is 2.11. The summed E-state index contributed by atoms with van der Waals surface area (Å²) >= 11 is 1.79. The van der Waals surface area contributed by atoms with Crippen molar-refractivity contribution in [2.75, 3.05) is 26.2 Å². The Morgan fingerprint density at radius 3 is 2.74 bits per heavy atom. The standard InChI is InChI=1S/C14H23N3OS/c1-2-4-13(15)14(18)17-8-6-16(7-9-17)11-12-5-3-10-19-12/h3,5,10,13H,2,4,6-9,11,15H2,1H3/t13-/m0/s1. The van der Waals surface area contributed by atoms with Crippen LogP contribution in [0.2, 0.25) is 0 Å². The molecule has 0 unspecified atom stereocenters. The topological polar surface area (TPSA) is 49.6 Å². The van der Waals surface area contributed by atoms with Crippen LogP contribution in [0.3, 0.4) is 0 Å². The highest BCUT2D eigenvalue weighted by molar-refractivity contribution is 7.09. The smallest absolute Gasteiger partial charge is 0.239 e. The van der Waals surface area contributed by atoms with Crippen LogP contribution >= 0.6 is 11.3 Å². The van der Waals surface area contributed by atoms with Gasteiger partial charge in [-0.3, -0.25) is 9.69 Å². The van der Waals surface area contributed by atoms with E-state index in [9.17, 15) is 4.79 Å². The minimum absolute atomic E-state index is 0.123. The quantitative estimate of drug-likeness (QED) is 0.890. The van der Waals surface area contributed by atoms with Crippen molar-refractivity contribution in [1.82, 2.24) is 9.80 Å². The van der Waals surface area contributed by atoms with Gasteiger partial charge in [-0.2, -0.15) is 0 Å². The fourth-order valence-corrected chi connectivity index (χ4v) is 3.16. The van der Waals surface area contributed by atoms with Gasteiger partial charge >= 0.3 is 0 Å². The Morgan fingerprint density at radius 1 is 1.42 bits per heavy atom. The minimum atomic E-state index is -0.311. The maximum absolute atomic E-state index is 12.1. The van der Waals surface area contributed by atoms with Gasteiger partial charge in [-0.05, 0) is 17.9 Å². The molecule has 0 bridgehead atoms. The van der Waals surface area contributed by atoms with E-state index in [0.717, 1.165) is 45.6 Å². The van der Waals surface area contributed by atoms with Crippen LogP contribution in [0, 0.1) is 0 Å². The summed E-state index contributed by atoms with van der Waals surface area (Å²) in [6.45, 7) is 6.57. The third kappa shape index (κ3) is 4.03. The van der Waals surface area contributed by atoms with Crippen molar-refractivity contribution in [2.45, 2.75) is 32.4 Å². The second-order valence-corrected chi connectivity index (χ2v) is 6.11. The maximum atomic E-state index is 12.1. The number of nitrogens with two attached hydrogens (primary N) is 1. The Balaban J connectivity index is 1.77. The molecular formula is C14H23N3OS. The first-order valence-corrected chi connectivity index (χ1v) is 7.87. The first-order valence-electron chi connectivity index (χ1n) is 6.99. The zero-order valence-electron chi connectivity index (χ0n) is 11.5. The molecule has 1 aromatic heterocycles. The van der Waals surface area contributed by atoms with E-state index in [1.807, 2.05) is 4.90 Å². The molecule has 2 N–H and O–H groups in total. The first kappa shape index (κ1) is 14.5. The normalized spacial score (nSPS) is 18.5. The van der Waals surface area contributed by atoms with Crippen LogP contribution in [0.15, 0.2) is 17.5 Å². The Bertz CT molecular complexity index is 385. The summed E-state index contributed by atoms with van der Waals surface area (Å²) in [7, 11) is 0. The highest BCUT2D eigenvalue weighted by Gasteiger charge is 2.24. The SMILES string of the molecule is CCC[C@H](N)C(=O)N1CCN(Cc2cccs2)CC1. The van der Waals surface area contributed by atoms with Crippen LogP contribution in [0.1, 0.15) is 24.6 Å². The zero-order chi connectivity index (χ0) is 13.7. The van der Waals surface area contributed by atoms with E-state index in [1.54, 1.807) is 11.3 Å². The zero-order valence-corrected chi connectivity index (χ0v) is 12.4. The van der Waals surface area contributed by atoms with Crippen molar-refractivity contribution in [2.24, 2.45) is 5.73 Å². The molecule has 0 aliphatic carbocycles. The number of hydrogen-bond donors (Lipinski definition) is 1. The fourth-order valence-electron chi connectivity index (χ4n) is 2.42. The highest BCUT2D eigenvalue weighted by atomic mass is 32.1. The highest BCUT2D eigenvalue weighted by Crippen LogP contribution is 2.14. The summed E-state index contributed by atoms with van der Waals surface area (Å²) in [5.74, 6) is 0.123. The summed E-state index contributed by atoms with van der Waals surface area (Å²) < 4.78 is 0. The van der Waals surface area contributed by atoms with Crippen molar-refractivity contribution < 1.29 is 4.79 Å². The van der Waals surface area contributed by atoms with E-state index in [0.29, 0.717) is 0 Å². The molecule has 2 heterocycles. The second kappa shape index (κ2) is 7.03. The molecule has 1 fully saturated rings.